The van der Waals surface area contributed by atoms with Crippen molar-refractivity contribution in [2.75, 3.05) is 0 Å². The molecule has 0 N–H and O–H groups in total. The van der Waals surface area contributed by atoms with Gasteiger partial charge in [-0.2, -0.15) is 0 Å². The normalized spacial score (nSPS) is 10.3. The van der Waals surface area contributed by atoms with Crippen LogP contribution in [0.3, 0.4) is 0 Å². The van der Waals surface area contributed by atoms with Crippen molar-refractivity contribution in [2.24, 2.45) is 0 Å². The molecule has 3 heteroatoms. The van der Waals surface area contributed by atoms with Crippen molar-refractivity contribution in [2.45, 2.75) is 6.92 Å². The zero-order valence-electron chi connectivity index (χ0n) is 9.21. The SMILES string of the molecule is Cc1cc(-c2ccc(Cl)cc2)c(F)cc1C=O. The zero-order chi connectivity index (χ0) is 12.4. The number of carbonyl (C=O) groups excluding carboxylic acids is 1. The molecule has 0 radical (unpaired) electrons. The van der Waals surface area contributed by atoms with Crippen LogP contribution in [0, 0.1) is 12.7 Å². The molecule has 0 amide bonds. The number of benzene rings is 2. The minimum Gasteiger partial charge on any atom is -0.298 e. The lowest BCUT2D eigenvalue weighted by Crippen LogP contribution is -1.92. The Hall–Kier alpha value is -1.67. The molecular formula is C14H10ClFO. The molecule has 0 saturated heterocycles. The van der Waals surface area contributed by atoms with Crippen molar-refractivity contribution < 1.29 is 9.18 Å². The average Bonchev–Trinajstić information content (AvgIpc) is 2.33. The van der Waals surface area contributed by atoms with E-state index >= 15 is 0 Å². The second-order valence-corrected chi connectivity index (χ2v) is 4.25. The first-order chi connectivity index (χ1) is 8.11. The molecule has 0 spiro atoms. The maximum Gasteiger partial charge on any atom is 0.150 e. The van der Waals surface area contributed by atoms with E-state index in [2.05, 4.69) is 0 Å². The van der Waals surface area contributed by atoms with Crippen LogP contribution < -0.4 is 0 Å². The van der Waals surface area contributed by atoms with Gasteiger partial charge in [0.05, 0.1) is 0 Å². The summed E-state index contributed by atoms with van der Waals surface area (Å²) < 4.78 is 13.8. The maximum absolute atomic E-state index is 13.8. The van der Waals surface area contributed by atoms with Gasteiger partial charge in [0.1, 0.15) is 12.1 Å². The van der Waals surface area contributed by atoms with E-state index in [0.717, 1.165) is 11.1 Å². The summed E-state index contributed by atoms with van der Waals surface area (Å²) in [6, 6.07) is 9.84. The Morgan fingerprint density at radius 2 is 1.82 bits per heavy atom. The number of hydrogen-bond donors (Lipinski definition) is 0. The predicted molar refractivity (Wildman–Crippen MR) is 67.0 cm³/mol. The number of aldehydes is 1. The minimum atomic E-state index is -0.403. The van der Waals surface area contributed by atoms with Gasteiger partial charge in [-0.25, -0.2) is 4.39 Å². The van der Waals surface area contributed by atoms with Crippen LogP contribution in [-0.4, -0.2) is 6.29 Å². The van der Waals surface area contributed by atoms with Crippen molar-refractivity contribution in [3.63, 3.8) is 0 Å². The van der Waals surface area contributed by atoms with Gasteiger partial charge in [0.25, 0.3) is 0 Å². The van der Waals surface area contributed by atoms with Crippen LogP contribution in [0.4, 0.5) is 4.39 Å². The fraction of sp³-hybridized carbons (Fsp3) is 0.0714. The van der Waals surface area contributed by atoms with Gasteiger partial charge in [0.15, 0.2) is 0 Å². The van der Waals surface area contributed by atoms with Crippen LogP contribution in [-0.2, 0) is 0 Å². The van der Waals surface area contributed by atoms with Gasteiger partial charge in [-0.15, -0.1) is 0 Å². The smallest absolute Gasteiger partial charge is 0.150 e. The van der Waals surface area contributed by atoms with Gasteiger partial charge in [-0.1, -0.05) is 23.7 Å². The summed E-state index contributed by atoms with van der Waals surface area (Å²) >= 11 is 5.78. The lowest BCUT2D eigenvalue weighted by atomic mass is 10.00. The average molecular weight is 249 g/mol. The Balaban J connectivity index is 2.56. The summed E-state index contributed by atoms with van der Waals surface area (Å²) in [5.74, 6) is -0.403. The lowest BCUT2D eigenvalue weighted by Gasteiger charge is -2.07. The van der Waals surface area contributed by atoms with Crippen molar-refractivity contribution in [3.8, 4) is 11.1 Å². The van der Waals surface area contributed by atoms with Crippen molar-refractivity contribution in [1.29, 1.82) is 0 Å². The van der Waals surface area contributed by atoms with E-state index in [9.17, 15) is 9.18 Å². The third-order valence-electron chi connectivity index (χ3n) is 2.64. The Morgan fingerprint density at radius 1 is 1.18 bits per heavy atom. The van der Waals surface area contributed by atoms with Crippen LogP contribution in [0.2, 0.25) is 5.02 Å². The third-order valence-corrected chi connectivity index (χ3v) is 2.89. The number of hydrogen-bond acceptors (Lipinski definition) is 1. The molecule has 0 aliphatic carbocycles. The molecule has 86 valence electrons. The molecule has 2 rings (SSSR count). The second kappa shape index (κ2) is 4.68. The largest absolute Gasteiger partial charge is 0.298 e. The lowest BCUT2D eigenvalue weighted by molar-refractivity contribution is 0.112. The van der Waals surface area contributed by atoms with Crippen molar-refractivity contribution >= 4 is 17.9 Å². The quantitative estimate of drug-likeness (QED) is 0.726. The fourth-order valence-corrected chi connectivity index (χ4v) is 1.80. The van der Waals surface area contributed by atoms with Gasteiger partial charge in [-0.3, -0.25) is 4.79 Å². The second-order valence-electron chi connectivity index (χ2n) is 3.81. The molecule has 2 aromatic rings. The molecule has 1 nitrogen and oxygen atoms in total. The first-order valence-electron chi connectivity index (χ1n) is 5.13. The molecule has 0 heterocycles. The molecule has 2 aromatic carbocycles. The molecule has 0 fully saturated rings. The van der Waals surface area contributed by atoms with E-state index in [1.54, 1.807) is 37.3 Å². The monoisotopic (exact) mass is 248 g/mol. The highest BCUT2D eigenvalue weighted by Crippen LogP contribution is 2.26. The molecule has 0 aliphatic rings. The van der Waals surface area contributed by atoms with Gasteiger partial charge < -0.3 is 0 Å². The van der Waals surface area contributed by atoms with Crippen molar-refractivity contribution in [1.82, 2.24) is 0 Å². The molecule has 17 heavy (non-hydrogen) atoms. The van der Waals surface area contributed by atoms with Gasteiger partial charge >= 0.3 is 0 Å². The van der Waals surface area contributed by atoms with Crippen LogP contribution in [0.5, 0.6) is 0 Å². The summed E-state index contributed by atoms with van der Waals surface area (Å²) in [7, 11) is 0. The van der Waals surface area contributed by atoms with E-state index < -0.39 is 5.82 Å². The Labute approximate surface area is 104 Å². The van der Waals surface area contributed by atoms with Crippen LogP contribution >= 0.6 is 11.6 Å². The molecule has 0 unspecified atom stereocenters. The minimum absolute atomic E-state index is 0.375. The maximum atomic E-state index is 13.8. The molecule has 0 aromatic heterocycles. The van der Waals surface area contributed by atoms with E-state index in [0.29, 0.717) is 22.4 Å². The van der Waals surface area contributed by atoms with E-state index in [4.69, 9.17) is 11.6 Å². The standard InChI is InChI=1S/C14H10ClFO/c1-9-6-13(14(16)7-11(9)8-17)10-2-4-12(15)5-3-10/h2-8H,1H3. The molecule has 0 aliphatic heterocycles. The number of halogens is 2. The molecule has 0 bridgehead atoms. The van der Waals surface area contributed by atoms with Gasteiger partial charge in [-0.05, 0) is 42.3 Å². The van der Waals surface area contributed by atoms with E-state index in [-0.39, 0.29) is 0 Å². The van der Waals surface area contributed by atoms with E-state index in [1.165, 1.54) is 6.07 Å². The van der Waals surface area contributed by atoms with Crippen LogP contribution in [0.1, 0.15) is 15.9 Å². The highest BCUT2D eigenvalue weighted by atomic mass is 35.5. The van der Waals surface area contributed by atoms with Crippen molar-refractivity contribution in [3.05, 3.63) is 58.4 Å². The third kappa shape index (κ3) is 2.37. The first-order valence-corrected chi connectivity index (χ1v) is 5.51. The Bertz CT molecular complexity index is 561. The predicted octanol–water partition coefficient (Wildman–Crippen LogP) is 4.27. The first kappa shape index (κ1) is 11.8. The topological polar surface area (TPSA) is 17.1 Å². The molecular weight excluding hydrogens is 239 g/mol. The van der Waals surface area contributed by atoms with E-state index in [1.807, 2.05) is 0 Å². The fourth-order valence-electron chi connectivity index (χ4n) is 1.67. The Kier molecular flexibility index (Phi) is 3.25. The summed E-state index contributed by atoms with van der Waals surface area (Å²) in [6.07, 6.45) is 0.657. The molecule has 0 atom stereocenters. The summed E-state index contributed by atoms with van der Waals surface area (Å²) in [5.41, 5.74) is 2.35. The number of aryl methyl sites for hydroxylation is 1. The highest BCUT2D eigenvalue weighted by Gasteiger charge is 2.08. The van der Waals surface area contributed by atoms with Crippen LogP contribution in [0.25, 0.3) is 11.1 Å². The molecule has 0 saturated carbocycles. The van der Waals surface area contributed by atoms with Crippen LogP contribution in [0.15, 0.2) is 36.4 Å². The number of carbonyl (C=O) groups is 1. The van der Waals surface area contributed by atoms with Gasteiger partial charge in [0, 0.05) is 16.1 Å². The summed E-state index contributed by atoms with van der Waals surface area (Å²) in [6.45, 7) is 1.78. The van der Waals surface area contributed by atoms with Gasteiger partial charge in [0.2, 0.25) is 0 Å². The number of rotatable bonds is 2. The summed E-state index contributed by atoms with van der Waals surface area (Å²) in [4.78, 5) is 10.7. The zero-order valence-corrected chi connectivity index (χ0v) is 9.96. The highest BCUT2D eigenvalue weighted by molar-refractivity contribution is 6.30. The Morgan fingerprint density at radius 3 is 2.41 bits per heavy atom. The summed E-state index contributed by atoms with van der Waals surface area (Å²) in [5, 5.41) is 0.607.